The van der Waals surface area contributed by atoms with E-state index in [0.29, 0.717) is 27.8 Å². The van der Waals surface area contributed by atoms with E-state index in [0.717, 1.165) is 11.3 Å². The van der Waals surface area contributed by atoms with Gasteiger partial charge in [0.1, 0.15) is 5.00 Å². The lowest BCUT2D eigenvalue weighted by atomic mass is 10.2. The van der Waals surface area contributed by atoms with Gasteiger partial charge in [-0.3, -0.25) is 19.2 Å². The first-order valence-electron chi connectivity index (χ1n) is 9.35. The molecule has 0 aliphatic heterocycles. The number of thiazole rings is 1. The van der Waals surface area contributed by atoms with Crippen LogP contribution in [0.3, 0.4) is 0 Å². The molecule has 2 aromatic carbocycles. The molecule has 1 aromatic heterocycles. The molecule has 0 fully saturated rings. The van der Waals surface area contributed by atoms with E-state index in [2.05, 4.69) is 26.3 Å². The van der Waals surface area contributed by atoms with Crippen LogP contribution in [-0.2, 0) is 9.59 Å². The predicted molar refractivity (Wildman–Crippen MR) is 123 cm³/mol. The molecule has 32 heavy (non-hydrogen) atoms. The Labute approximate surface area is 187 Å². The maximum atomic E-state index is 12.6. The smallest absolute Gasteiger partial charge is 0.270 e. The van der Waals surface area contributed by atoms with Crippen LogP contribution in [0.25, 0.3) is 0 Å². The third kappa shape index (κ3) is 5.89. The highest BCUT2D eigenvalue weighted by Crippen LogP contribution is 2.31. The van der Waals surface area contributed by atoms with Crippen molar-refractivity contribution in [2.24, 2.45) is 5.73 Å². The predicted octanol–water partition coefficient (Wildman–Crippen LogP) is 3.15. The van der Waals surface area contributed by atoms with Crippen LogP contribution in [-0.4, -0.2) is 28.6 Å². The second kappa shape index (κ2) is 9.71. The maximum Gasteiger partial charge on any atom is 0.270 e. The minimum absolute atomic E-state index is 0.0735. The fourth-order valence-electron chi connectivity index (χ4n) is 2.67. The summed E-state index contributed by atoms with van der Waals surface area (Å²) in [5, 5.41) is 11.5. The zero-order valence-electron chi connectivity index (χ0n) is 17.2. The van der Waals surface area contributed by atoms with Crippen LogP contribution in [0.1, 0.15) is 34.7 Å². The minimum Gasteiger partial charge on any atom is -0.364 e. The number of nitrogens with zero attached hydrogens (tertiary/aromatic N) is 1. The molecular weight excluding hydrogens is 432 g/mol. The van der Waals surface area contributed by atoms with E-state index in [1.54, 1.807) is 48.5 Å². The number of nitrogens with two attached hydrogens (primary N) is 1. The summed E-state index contributed by atoms with van der Waals surface area (Å²) in [5.41, 5.74) is 7.52. The number of carbonyl (C=O) groups is 4. The molecule has 0 spiro atoms. The van der Waals surface area contributed by atoms with Crippen molar-refractivity contribution in [3.63, 3.8) is 0 Å². The van der Waals surface area contributed by atoms with E-state index in [9.17, 15) is 19.2 Å². The van der Waals surface area contributed by atoms with Gasteiger partial charge in [0.25, 0.3) is 11.8 Å². The lowest BCUT2D eigenvalue weighted by Crippen LogP contribution is -2.17. The van der Waals surface area contributed by atoms with Crippen molar-refractivity contribution in [1.29, 1.82) is 0 Å². The standard InChI is InChI=1S/C21H20N6O4S/c1-11(28)23-14-5-3-13(4-6-14)19(31)27-20-17(18(22)30)26-21(32-20)25-16-9-7-15(8-10-16)24-12(2)29/h3-10H,1-2H3,(H2,22,30)(H,23,28)(H,24,29)(H,25,26)(H,27,31). The van der Waals surface area contributed by atoms with Gasteiger partial charge in [0.2, 0.25) is 11.8 Å². The molecule has 0 radical (unpaired) electrons. The largest absolute Gasteiger partial charge is 0.364 e. The summed E-state index contributed by atoms with van der Waals surface area (Å²) < 4.78 is 0. The van der Waals surface area contributed by atoms with Crippen LogP contribution in [0.5, 0.6) is 0 Å². The number of primary amides is 1. The van der Waals surface area contributed by atoms with Crippen LogP contribution in [0.4, 0.5) is 27.2 Å². The van der Waals surface area contributed by atoms with Crippen molar-refractivity contribution in [2.75, 3.05) is 21.3 Å². The van der Waals surface area contributed by atoms with Gasteiger partial charge in [-0.1, -0.05) is 11.3 Å². The average Bonchev–Trinajstić information content (AvgIpc) is 3.11. The van der Waals surface area contributed by atoms with Crippen LogP contribution in [0.2, 0.25) is 0 Å². The lowest BCUT2D eigenvalue weighted by molar-refractivity contribution is -0.115. The topological polar surface area (TPSA) is 155 Å². The summed E-state index contributed by atoms with van der Waals surface area (Å²) in [6.45, 7) is 2.80. The number of hydrogen-bond acceptors (Lipinski definition) is 7. The quantitative estimate of drug-likeness (QED) is 0.371. The van der Waals surface area contributed by atoms with E-state index in [4.69, 9.17) is 5.73 Å². The normalized spacial score (nSPS) is 10.2. The van der Waals surface area contributed by atoms with Gasteiger partial charge in [0, 0.05) is 36.5 Å². The Morgan fingerprint density at radius 2 is 1.28 bits per heavy atom. The fraction of sp³-hybridized carbons (Fsp3) is 0.0952. The summed E-state index contributed by atoms with van der Waals surface area (Å²) in [5.74, 6) is -1.65. The summed E-state index contributed by atoms with van der Waals surface area (Å²) >= 11 is 1.05. The van der Waals surface area contributed by atoms with Gasteiger partial charge in [-0.05, 0) is 48.5 Å². The van der Waals surface area contributed by atoms with Gasteiger partial charge in [-0.2, -0.15) is 0 Å². The van der Waals surface area contributed by atoms with Crippen molar-refractivity contribution in [2.45, 2.75) is 13.8 Å². The molecule has 3 rings (SSSR count). The molecule has 11 heteroatoms. The highest BCUT2D eigenvalue weighted by atomic mass is 32.1. The zero-order valence-corrected chi connectivity index (χ0v) is 18.0. The molecule has 0 saturated heterocycles. The number of carbonyl (C=O) groups excluding carboxylic acids is 4. The van der Waals surface area contributed by atoms with Crippen molar-refractivity contribution >= 4 is 62.2 Å². The van der Waals surface area contributed by atoms with E-state index in [1.165, 1.54) is 13.8 Å². The number of benzene rings is 2. The zero-order chi connectivity index (χ0) is 23.3. The Bertz CT molecular complexity index is 1170. The molecule has 10 nitrogen and oxygen atoms in total. The van der Waals surface area contributed by atoms with E-state index < -0.39 is 11.8 Å². The maximum absolute atomic E-state index is 12.6. The Morgan fingerprint density at radius 3 is 1.78 bits per heavy atom. The monoisotopic (exact) mass is 452 g/mol. The molecule has 0 aliphatic carbocycles. The summed E-state index contributed by atoms with van der Waals surface area (Å²) in [4.78, 5) is 50.8. The van der Waals surface area contributed by atoms with E-state index >= 15 is 0 Å². The number of hydrogen-bond donors (Lipinski definition) is 5. The van der Waals surface area contributed by atoms with E-state index in [-0.39, 0.29) is 22.5 Å². The SMILES string of the molecule is CC(=O)Nc1ccc(Nc2nc(C(N)=O)c(NC(=O)c3ccc(NC(C)=O)cc3)s2)cc1. The first-order valence-corrected chi connectivity index (χ1v) is 10.2. The van der Waals surface area contributed by atoms with Crippen LogP contribution in [0.15, 0.2) is 48.5 Å². The molecule has 0 bridgehead atoms. The Balaban J connectivity index is 1.74. The molecule has 1 heterocycles. The number of amides is 4. The molecular formula is C21H20N6O4S. The Kier molecular flexibility index (Phi) is 6.80. The molecule has 164 valence electrons. The van der Waals surface area contributed by atoms with Gasteiger partial charge >= 0.3 is 0 Å². The number of anilines is 5. The molecule has 0 unspecified atom stereocenters. The number of nitrogens with one attached hydrogen (secondary N) is 4. The van der Waals surface area contributed by atoms with Crippen LogP contribution >= 0.6 is 11.3 Å². The molecule has 0 atom stereocenters. The Hall–Kier alpha value is -4.25. The van der Waals surface area contributed by atoms with Crippen LogP contribution < -0.4 is 27.0 Å². The van der Waals surface area contributed by atoms with Crippen molar-refractivity contribution in [3.8, 4) is 0 Å². The van der Waals surface area contributed by atoms with Crippen LogP contribution in [0, 0.1) is 0 Å². The van der Waals surface area contributed by atoms with Gasteiger partial charge < -0.3 is 27.0 Å². The molecule has 0 saturated carbocycles. The van der Waals surface area contributed by atoms with Gasteiger partial charge in [-0.25, -0.2) is 4.98 Å². The summed E-state index contributed by atoms with van der Waals surface area (Å²) in [6.07, 6.45) is 0. The van der Waals surface area contributed by atoms with Crippen molar-refractivity contribution < 1.29 is 19.2 Å². The Morgan fingerprint density at radius 1 is 0.781 bits per heavy atom. The van der Waals surface area contributed by atoms with Gasteiger partial charge in [-0.15, -0.1) is 0 Å². The highest BCUT2D eigenvalue weighted by molar-refractivity contribution is 7.20. The second-order valence-electron chi connectivity index (χ2n) is 6.66. The lowest BCUT2D eigenvalue weighted by Gasteiger charge is -2.06. The summed E-state index contributed by atoms with van der Waals surface area (Å²) in [7, 11) is 0. The van der Waals surface area contributed by atoms with Gasteiger partial charge in [0.05, 0.1) is 0 Å². The molecule has 3 aromatic rings. The molecule has 0 aliphatic rings. The second-order valence-corrected chi connectivity index (χ2v) is 7.66. The number of rotatable bonds is 7. The van der Waals surface area contributed by atoms with Crippen molar-refractivity contribution in [1.82, 2.24) is 4.98 Å². The minimum atomic E-state index is -0.786. The van der Waals surface area contributed by atoms with Crippen molar-refractivity contribution in [3.05, 3.63) is 59.8 Å². The molecule has 4 amide bonds. The summed E-state index contributed by atoms with van der Waals surface area (Å²) in [6, 6.07) is 13.1. The number of aromatic nitrogens is 1. The third-order valence-corrected chi connectivity index (χ3v) is 4.90. The molecule has 6 N–H and O–H groups in total. The van der Waals surface area contributed by atoms with E-state index in [1.807, 2.05) is 0 Å². The third-order valence-electron chi connectivity index (χ3n) is 4.01. The average molecular weight is 452 g/mol. The first-order chi connectivity index (χ1) is 15.2. The van der Waals surface area contributed by atoms with Gasteiger partial charge in [0.15, 0.2) is 10.8 Å². The first kappa shape index (κ1) is 22.4. The fourth-order valence-corrected chi connectivity index (χ4v) is 3.56. The highest BCUT2D eigenvalue weighted by Gasteiger charge is 2.19.